The summed E-state index contributed by atoms with van der Waals surface area (Å²) in [5.74, 6) is -0.949. The van der Waals surface area contributed by atoms with Crippen LogP contribution < -0.4 is 0 Å². The van der Waals surface area contributed by atoms with Crippen molar-refractivity contribution in [3.8, 4) is 0 Å². The molecule has 0 amide bonds. The van der Waals surface area contributed by atoms with Crippen LogP contribution in [0.25, 0.3) is 0 Å². The Bertz CT molecular complexity index is 919. The second-order valence-corrected chi connectivity index (χ2v) is 10.5. The van der Waals surface area contributed by atoms with Gasteiger partial charge in [0.05, 0.1) is 0 Å². The van der Waals surface area contributed by atoms with Crippen LogP contribution in [-0.4, -0.2) is 42.1 Å². The van der Waals surface area contributed by atoms with Crippen LogP contribution in [0.1, 0.15) is 59.8 Å². The quantitative estimate of drug-likeness (QED) is 0.669. The third kappa shape index (κ3) is 2.71. The smallest absolute Gasteiger partial charge is 0.281 e. The summed E-state index contributed by atoms with van der Waals surface area (Å²) < 4.78 is 17.8. The molecule has 5 aliphatic rings. The summed E-state index contributed by atoms with van der Waals surface area (Å²) in [7, 11) is 0. The molecule has 0 aromatic rings. The molecule has 6 heteroatoms. The van der Waals surface area contributed by atoms with Crippen molar-refractivity contribution in [3.05, 3.63) is 23.8 Å². The molecule has 31 heavy (non-hydrogen) atoms. The number of allylic oxidation sites excluding steroid dienone is 4. The maximum atomic E-state index is 13.8. The second-order valence-electron chi connectivity index (χ2n) is 10.5. The molecule has 0 bridgehead atoms. The van der Waals surface area contributed by atoms with Gasteiger partial charge in [-0.1, -0.05) is 25.5 Å². The van der Waals surface area contributed by atoms with Gasteiger partial charge in [-0.15, -0.1) is 0 Å². The molecule has 1 spiro atoms. The third-order valence-corrected chi connectivity index (χ3v) is 9.06. The predicted octanol–water partition coefficient (Wildman–Crippen LogP) is 3.54. The number of carbonyl (C=O) groups is 3. The van der Waals surface area contributed by atoms with E-state index in [0.29, 0.717) is 19.4 Å². The Labute approximate surface area is 183 Å². The Balaban J connectivity index is 1.54. The summed E-state index contributed by atoms with van der Waals surface area (Å²) >= 11 is 0. The maximum Gasteiger partial charge on any atom is 0.281 e. The molecule has 0 radical (unpaired) electrons. The molecule has 6 nitrogen and oxygen atoms in total. The predicted molar refractivity (Wildman–Crippen MR) is 112 cm³/mol. The van der Waals surface area contributed by atoms with Gasteiger partial charge in [-0.3, -0.25) is 14.4 Å². The molecule has 1 aliphatic heterocycles. The lowest BCUT2D eigenvalue weighted by molar-refractivity contribution is -0.419. The van der Waals surface area contributed by atoms with E-state index in [1.165, 1.54) is 0 Å². The maximum absolute atomic E-state index is 13.8. The average molecular weight is 429 g/mol. The van der Waals surface area contributed by atoms with Gasteiger partial charge in [0.15, 0.2) is 11.6 Å². The Morgan fingerprint density at radius 1 is 1.16 bits per heavy atom. The Kier molecular flexibility index (Phi) is 4.58. The Morgan fingerprint density at radius 2 is 1.94 bits per heavy atom. The molecular formula is C25H32O6. The first kappa shape index (κ1) is 21.2. The second kappa shape index (κ2) is 6.69. The van der Waals surface area contributed by atoms with Crippen LogP contribution >= 0.6 is 0 Å². The average Bonchev–Trinajstić information content (AvgIpc) is 2.98. The minimum Gasteiger partial charge on any atom is -0.328 e. The Morgan fingerprint density at radius 3 is 2.68 bits per heavy atom. The highest BCUT2D eigenvalue weighted by Crippen LogP contribution is 2.67. The van der Waals surface area contributed by atoms with Gasteiger partial charge in [0.25, 0.3) is 5.97 Å². The van der Waals surface area contributed by atoms with Crippen molar-refractivity contribution in [2.45, 2.75) is 71.4 Å². The first-order chi connectivity index (χ1) is 14.6. The molecule has 0 aromatic heterocycles. The molecule has 7 atom stereocenters. The number of rotatable bonds is 2. The van der Waals surface area contributed by atoms with E-state index < -0.39 is 22.4 Å². The largest absolute Gasteiger partial charge is 0.328 e. The molecule has 168 valence electrons. The highest BCUT2D eigenvalue weighted by Gasteiger charge is 2.71. The van der Waals surface area contributed by atoms with Crippen molar-refractivity contribution < 1.29 is 28.6 Å². The van der Waals surface area contributed by atoms with Crippen molar-refractivity contribution >= 4 is 17.3 Å². The van der Waals surface area contributed by atoms with Gasteiger partial charge in [0, 0.05) is 36.7 Å². The van der Waals surface area contributed by atoms with E-state index in [0.717, 1.165) is 24.8 Å². The number of carbonyl (C=O) groups excluding carboxylic acids is 3. The van der Waals surface area contributed by atoms with Gasteiger partial charge in [0.1, 0.15) is 18.0 Å². The molecule has 2 unspecified atom stereocenters. The first-order valence-corrected chi connectivity index (χ1v) is 11.6. The molecule has 3 saturated carbocycles. The minimum absolute atomic E-state index is 0.00949. The first-order valence-electron chi connectivity index (χ1n) is 11.6. The van der Waals surface area contributed by atoms with E-state index in [1.807, 2.05) is 13.0 Å². The zero-order chi connectivity index (χ0) is 22.2. The highest BCUT2D eigenvalue weighted by atomic mass is 16.9. The molecule has 1 heterocycles. The van der Waals surface area contributed by atoms with Crippen molar-refractivity contribution in [2.75, 3.05) is 13.2 Å². The van der Waals surface area contributed by atoms with Crippen LogP contribution in [0.2, 0.25) is 0 Å². The fraction of sp³-hybridized carbons (Fsp3) is 0.720. The number of fused-ring (bicyclic) bond motifs is 6. The normalized spacial score (nSPS) is 49.0. The van der Waals surface area contributed by atoms with E-state index in [9.17, 15) is 14.4 Å². The van der Waals surface area contributed by atoms with E-state index >= 15 is 0 Å². The van der Waals surface area contributed by atoms with Crippen molar-refractivity contribution in [1.82, 2.24) is 0 Å². The number of ether oxygens (including phenoxy) is 3. The van der Waals surface area contributed by atoms with Gasteiger partial charge in [-0.05, 0) is 56.6 Å². The van der Waals surface area contributed by atoms with Gasteiger partial charge in [0.2, 0.25) is 0 Å². The van der Waals surface area contributed by atoms with Gasteiger partial charge in [-0.25, -0.2) is 0 Å². The van der Waals surface area contributed by atoms with Gasteiger partial charge in [-0.2, -0.15) is 0 Å². The van der Waals surface area contributed by atoms with Crippen LogP contribution in [0.4, 0.5) is 0 Å². The SMILES string of the molecule is CCOC1(C)OCC(=O)C2(CC[C@H]3[C@@H]4CCC5=CC(=O)C=C[C@]5(C)[C@H]4C(=O)C[C@@]32C)O1. The molecule has 0 N–H and O–H groups in total. The van der Waals surface area contributed by atoms with E-state index in [-0.39, 0.29) is 41.7 Å². The summed E-state index contributed by atoms with van der Waals surface area (Å²) in [4.78, 5) is 39.0. The van der Waals surface area contributed by atoms with Crippen LogP contribution in [-0.2, 0) is 28.6 Å². The number of hydrogen-bond donors (Lipinski definition) is 0. The highest BCUT2D eigenvalue weighted by molar-refractivity contribution is 6.02. The lowest BCUT2D eigenvalue weighted by Gasteiger charge is -2.58. The van der Waals surface area contributed by atoms with Crippen LogP contribution in [0.5, 0.6) is 0 Å². The number of hydrogen-bond acceptors (Lipinski definition) is 6. The lowest BCUT2D eigenvalue weighted by atomic mass is 9.46. The number of Topliss-reactive ketones (excluding diaryl/α,β-unsaturated/α-hetero) is 2. The van der Waals surface area contributed by atoms with Crippen molar-refractivity contribution in [3.63, 3.8) is 0 Å². The molecule has 0 aromatic carbocycles. The molecule has 1 saturated heterocycles. The van der Waals surface area contributed by atoms with E-state index in [2.05, 4.69) is 13.8 Å². The van der Waals surface area contributed by atoms with Crippen LogP contribution in [0.15, 0.2) is 23.8 Å². The monoisotopic (exact) mass is 428 g/mol. The van der Waals surface area contributed by atoms with E-state index in [4.69, 9.17) is 14.2 Å². The summed E-state index contributed by atoms with van der Waals surface area (Å²) in [5, 5.41) is 0. The summed E-state index contributed by atoms with van der Waals surface area (Å²) in [5.41, 5.74) is -0.981. The zero-order valence-electron chi connectivity index (χ0n) is 18.9. The van der Waals surface area contributed by atoms with Crippen LogP contribution in [0, 0.1) is 28.6 Å². The molecule has 4 aliphatic carbocycles. The fourth-order valence-corrected chi connectivity index (χ4v) is 7.69. The Hall–Kier alpha value is -1.63. The van der Waals surface area contributed by atoms with E-state index in [1.54, 1.807) is 19.1 Å². The summed E-state index contributed by atoms with van der Waals surface area (Å²) in [6.07, 6.45) is 8.71. The topological polar surface area (TPSA) is 78.9 Å². The van der Waals surface area contributed by atoms with Crippen molar-refractivity contribution in [1.29, 1.82) is 0 Å². The lowest BCUT2D eigenvalue weighted by Crippen LogP contribution is -2.66. The molecular weight excluding hydrogens is 396 g/mol. The third-order valence-electron chi connectivity index (χ3n) is 9.06. The fourth-order valence-electron chi connectivity index (χ4n) is 7.69. The standard InChI is InChI=1S/C25H32O6/c1-5-29-24(4)30-14-20(28)25(31-24)11-9-18-17-7-6-15-12-16(26)8-10-22(15,2)21(17)19(27)13-23(18,25)3/h8,10,12,17-18,21H,5-7,9,11,13-14H2,1-4H3/t17-,18-,21+,22-,23-,24?,25?/m0/s1. The minimum atomic E-state index is -1.28. The van der Waals surface area contributed by atoms with Crippen molar-refractivity contribution in [2.24, 2.45) is 28.6 Å². The summed E-state index contributed by atoms with van der Waals surface area (Å²) in [6.45, 7) is 8.11. The van der Waals surface area contributed by atoms with Gasteiger partial charge >= 0.3 is 0 Å². The van der Waals surface area contributed by atoms with Gasteiger partial charge < -0.3 is 14.2 Å². The number of ketones is 3. The summed E-state index contributed by atoms with van der Waals surface area (Å²) in [6, 6.07) is 0. The zero-order valence-corrected chi connectivity index (χ0v) is 18.9. The molecule has 4 fully saturated rings. The van der Waals surface area contributed by atoms with Crippen LogP contribution in [0.3, 0.4) is 0 Å². The molecule has 5 rings (SSSR count).